The normalized spacial score (nSPS) is 10.9. The van der Waals surface area contributed by atoms with Crippen LogP contribution in [0.25, 0.3) is 10.2 Å². The van der Waals surface area contributed by atoms with Crippen LogP contribution in [0.2, 0.25) is 10.3 Å². The van der Waals surface area contributed by atoms with Crippen LogP contribution in [0.1, 0.15) is 5.56 Å². The molecule has 0 fully saturated rings. The predicted octanol–water partition coefficient (Wildman–Crippen LogP) is 5.10. The molecule has 3 nitrogen and oxygen atoms in total. The molecule has 0 aliphatic heterocycles. The topological polar surface area (TPSA) is 35.0 Å². The van der Waals surface area contributed by atoms with Crippen molar-refractivity contribution in [3.63, 3.8) is 0 Å². The molecular formula is C13H8Cl2N2OS. The van der Waals surface area contributed by atoms with Gasteiger partial charge in [0.05, 0.1) is 5.39 Å². The monoisotopic (exact) mass is 310 g/mol. The maximum atomic E-state index is 5.97. The lowest BCUT2D eigenvalue weighted by Crippen LogP contribution is -1.93. The quantitative estimate of drug-likeness (QED) is 0.618. The third-order valence-electron chi connectivity index (χ3n) is 2.62. The molecule has 3 aromatic rings. The summed E-state index contributed by atoms with van der Waals surface area (Å²) in [6.45, 7) is 1.94. The summed E-state index contributed by atoms with van der Waals surface area (Å²) in [6, 6.07) is 7.37. The first kappa shape index (κ1) is 12.7. The van der Waals surface area contributed by atoms with E-state index in [1.54, 1.807) is 6.07 Å². The van der Waals surface area contributed by atoms with Gasteiger partial charge in [-0.3, -0.25) is 0 Å². The number of benzene rings is 1. The van der Waals surface area contributed by atoms with Gasteiger partial charge in [-0.05, 0) is 47.7 Å². The molecule has 6 heteroatoms. The van der Waals surface area contributed by atoms with Crippen LogP contribution in [-0.2, 0) is 0 Å². The molecular weight excluding hydrogens is 303 g/mol. The molecule has 1 aromatic carbocycles. The number of fused-ring (bicyclic) bond motifs is 1. The summed E-state index contributed by atoms with van der Waals surface area (Å²) in [4.78, 5) is 9.08. The van der Waals surface area contributed by atoms with E-state index in [-0.39, 0.29) is 5.28 Å². The Hall–Kier alpha value is -1.36. The summed E-state index contributed by atoms with van der Waals surface area (Å²) in [5.74, 6) is 1.11. The number of ether oxygens (including phenoxy) is 1. The molecule has 0 aliphatic rings. The fraction of sp³-hybridized carbons (Fsp3) is 0.0769. The Kier molecular flexibility index (Phi) is 3.31. The van der Waals surface area contributed by atoms with Crippen LogP contribution in [0, 0.1) is 6.92 Å². The number of thiophene rings is 1. The van der Waals surface area contributed by atoms with Crippen LogP contribution in [0.15, 0.2) is 29.6 Å². The number of aromatic nitrogens is 2. The Balaban J connectivity index is 2.10. The van der Waals surface area contributed by atoms with E-state index in [0.717, 1.165) is 15.8 Å². The third kappa shape index (κ3) is 2.52. The molecule has 0 saturated heterocycles. The lowest BCUT2D eigenvalue weighted by atomic mass is 10.2. The van der Waals surface area contributed by atoms with E-state index in [2.05, 4.69) is 9.97 Å². The van der Waals surface area contributed by atoms with Gasteiger partial charge in [0.15, 0.2) is 0 Å². The van der Waals surface area contributed by atoms with Crippen LogP contribution >= 0.6 is 34.5 Å². The van der Waals surface area contributed by atoms with Gasteiger partial charge in [-0.15, -0.1) is 11.3 Å². The zero-order valence-electron chi connectivity index (χ0n) is 9.85. The Morgan fingerprint density at radius 3 is 2.84 bits per heavy atom. The van der Waals surface area contributed by atoms with E-state index in [4.69, 9.17) is 27.9 Å². The highest BCUT2D eigenvalue weighted by Gasteiger charge is 2.11. The zero-order chi connectivity index (χ0) is 13.4. The summed E-state index contributed by atoms with van der Waals surface area (Å²) in [5.41, 5.74) is 0.975. The highest BCUT2D eigenvalue weighted by Crippen LogP contribution is 2.33. The third-order valence-corrected chi connectivity index (χ3v) is 3.83. The number of aryl methyl sites for hydroxylation is 1. The number of hydrogen-bond acceptors (Lipinski definition) is 4. The minimum atomic E-state index is 0.171. The van der Waals surface area contributed by atoms with E-state index >= 15 is 0 Å². The first-order valence-electron chi connectivity index (χ1n) is 5.48. The van der Waals surface area contributed by atoms with Crippen LogP contribution in [0.3, 0.4) is 0 Å². The molecule has 19 heavy (non-hydrogen) atoms. The number of halogens is 2. The lowest BCUT2D eigenvalue weighted by Gasteiger charge is -2.09. The summed E-state index contributed by atoms with van der Waals surface area (Å²) in [7, 11) is 0. The average molecular weight is 311 g/mol. The molecule has 0 saturated carbocycles. The van der Waals surface area contributed by atoms with Gasteiger partial charge < -0.3 is 4.74 Å². The molecule has 0 N–H and O–H groups in total. The smallest absolute Gasteiger partial charge is 0.232 e. The number of nitrogens with zero attached hydrogens (tertiary/aromatic N) is 2. The first-order chi connectivity index (χ1) is 9.13. The second kappa shape index (κ2) is 4.96. The summed E-state index contributed by atoms with van der Waals surface area (Å²) >= 11 is 13.4. The van der Waals surface area contributed by atoms with Gasteiger partial charge in [0.1, 0.15) is 10.6 Å². The van der Waals surface area contributed by atoms with Gasteiger partial charge in [-0.2, -0.15) is 4.98 Å². The van der Waals surface area contributed by atoms with Gasteiger partial charge in [-0.1, -0.05) is 17.7 Å². The molecule has 0 amide bonds. The maximum Gasteiger partial charge on any atom is 0.232 e. The van der Waals surface area contributed by atoms with Crippen LogP contribution < -0.4 is 4.74 Å². The molecule has 0 unspecified atom stereocenters. The zero-order valence-corrected chi connectivity index (χ0v) is 12.2. The first-order valence-corrected chi connectivity index (χ1v) is 7.12. The highest BCUT2D eigenvalue weighted by molar-refractivity contribution is 7.16. The molecule has 0 aliphatic carbocycles. The van der Waals surface area contributed by atoms with Crippen LogP contribution in [0.5, 0.6) is 11.6 Å². The van der Waals surface area contributed by atoms with Crippen molar-refractivity contribution in [3.8, 4) is 11.6 Å². The van der Waals surface area contributed by atoms with Crippen molar-refractivity contribution in [2.45, 2.75) is 6.92 Å². The minimum Gasteiger partial charge on any atom is -0.438 e. The highest BCUT2D eigenvalue weighted by atomic mass is 35.5. The van der Waals surface area contributed by atoms with Gasteiger partial charge in [0.2, 0.25) is 11.2 Å². The molecule has 3 rings (SSSR count). The second-order valence-electron chi connectivity index (χ2n) is 3.95. The molecule has 0 atom stereocenters. The van der Waals surface area contributed by atoms with Gasteiger partial charge in [0, 0.05) is 5.02 Å². The van der Waals surface area contributed by atoms with E-state index in [0.29, 0.717) is 16.7 Å². The van der Waals surface area contributed by atoms with Gasteiger partial charge >= 0.3 is 0 Å². The molecule has 2 heterocycles. The Morgan fingerprint density at radius 2 is 2.00 bits per heavy atom. The molecule has 0 bridgehead atoms. The molecule has 2 aromatic heterocycles. The Labute approximate surface area is 123 Å². The van der Waals surface area contributed by atoms with Crippen molar-refractivity contribution in [1.82, 2.24) is 9.97 Å². The van der Waals surface area contributed by atoms with Gasteiger partial charge in [0.25, 0.3) is 0 Å². The van der Waals surface area contributed by atoms with Crippen molar-refractivity contribution < 1.29 is 4.74 Å². The molecule has 96 valence electrons. The number of rotatable bonds is 2. The van der Waals surface area contributed by atoms with E-state index in [1.165, 1.54) is 11.3 Å². The van der Waals surface area contributed by atoms with Crippen LogP contribution in [0.4, 0.5) is 0 Å². The van der Waals surface area contributed by atoms with Gasteiger partial charge in [-0.25, -0.2) is 4.98 Å². The summed E-state index contributed by atoms with van der Waals surface area (Å²) < 4.78 is 5.83. The van der Waals surface area contributed by atoms with Crippen molar-refractivity contribution in [2.24, 2.45) is 0 Å². The van der Waals surface area contributed by atoms with E-state index in [9.17, 15) is 0 Å². The van der Waals surface area contributed by atoms with Crippen molar-refractivity contribution in [1.29, 1.82) is 0 Å². The maximum absolute atomic E-state index is 5.97. The Bertz CT molecular complexity index is 757. The number of hydrogen-bond donors (Lipinski definition) is 0. The van der Waals surface area contributed by atoms with Crippen molar-refractivity contribution >= 4 is 44.8 Å². The largest absolute Gasteiger partial charge is 0.438 e. The van der Waals surface area contributed by atoms with Crippen molar-refractivity contribution in [2.75, 3.05) is 0 Å². The fourth-order valence-corrected chi connectivity index (χ4v) is 2.80. The summed E-state index contributed by atoms with van der Waals surface area (Å²) in [5, 5.41) is 3.55. The van der Waals surface area contributed by atoms with E-state index in [1.807, 2.05) is 30.5 Å². The standard InChI is InChI=1S/C13H8Cl2N2OS/c1-7-2-3-8(14)6-10(7)18-11-9-4-5-19-12(9)17-13(15)16-11/h2-6H,1H3. The molecule has 0 spiro atoms. The second-order valence-corrected chi connectivity index (χ2v) is 5.62. The summed E-state index contributed by atoms with van der Waals surface area (Å²) in [6.07, 6.45) is 0. The molecule has 0 radical (unpaired) electrons. The van der Waals surface area contributed by atoms with E-state index < -0.39 is 0 Å². The average Bonchev–Trinajstić information content (AvgIpc) is 2.82. The van der Waals surface area contributed by atoms with Crippen LogP contribution in [-0.4, -0.2) is 9.97 Å². The Morgan fingerprint density at radius 1 is 1.16 bits per heavy atom. The fourth-order valence-electron chi connectivity index (χ4n) is 1.67. The predicted molar refractivity (Wildman–Crippen MR) is 78.7 cm³/mol. The lowest BCUT2D eigenvalue weighted by molar-refractivity contribution is 0.465. The van der Waals surface area contributed by atoms with Crippen molar-refractivity contribution in [3.05, 3.63) is 45.5 Å². The SMILES string of the molecule is Cc1ccc(Cl)cc1Oc1nc(Cl)nc2sccc12. The minimum absolute atomic E-state index is 0.171.